The van der Waals surface area contributed by atoms with Gasteiger partial charge in [0, 0.05) is 6.42 Å². The number of allylic oxidation sites excluding steroid dienone is 19. The summed E-state index contributed by atoms with van der Waals surface area (Å²) in [5, 5.41) is 13.8. The van der Waals surface area contributed by atoms with E-state index in [9.17, 15) is 19.4 Å². The predicted octanol–water partition coefficient (Wildman–Crippen LogP) is 15.2. The number of phosphoric ester groups is 1. The zero-order valence-corrected chi connectivity index (χ0v) is 44.2. The van der Waals surface area contributed by atoms with Gasteiger partial charge in [0.1, 0.15) is 13.2 Å². The Kier molecular flexibility index (Phi) is 45.7. The van der Waals surface area contributed by atoms with Gasteiger partial charge in [0.2, 0.25) is 5.91 Å². The topological polar surface area (TPSA) is 108 Å². The second kappa shape index (κ2) is 47.9. The molecule has 0 spiro atoms. The Labute approximate surface area is 412 Å². The molecule has 67 heavy (non-hydrogen) atoms. The average Bonchev–Trinajstić information content (AvgIpc) is 3.29. The highest BCUT2D eigenvalue weighted by Gasteiger charge is 2.23. The highest BCUT2D eigenvalue weighted by atomic mass is 31.2. The third kappa shape index (κ3) is 50.6. The standard InChI is InChI=1S/C58H99N2O6P/c1-6-8-10-12-14-16-18-20-21-22-23-24-25-26-27-28-29-30-31-32-33-34-35-36-37-38-39-40-42-44-46-48-50-52-58(62)59-56(55-66-67(63,64)65-54-53-60(3,4)5)57(61)51-49-47-45-43-41-19-17-15-13-11-9-7-2/h8,10,14,16,20-21,23-24,26-27,29-30,32-33,35-36,41,43,49,51,56-57,61H,6-7,9,11-13,15,17-19,22,25,28,31,34,37-40,42,44-48,50,52-55H2,1-5H3,(H-,59,62,63,64)/b10-8-,16-14-,21-20-,24-23-,27-26-,30-29-,33-32-,36-35-,43-41+,51-49+. The van der Waals surface area contributed by atoms with Gasteiger partial charge < -0.3 is 28.8 Å². The summed E-state index contributed by atoms with van der Waals surface area (Å²) in [5.74, 6) is -0.223. The number of aliphatic hydroxyl groups excluding tert-OH is 1. The van der Waals surface area contributed by atoms with Crippen molar-refractivity contribution in [3.05, 3.63) is 122 Å². The molecule has 2 N–H and O–H groups in total. The summed E-state index contributed by atoms with van der Waals surface area (Å²) >= 11 is 0. The smallest absolute Gasteiger partial charge is 0.268 e. The fraction of sp³-hybridized carbons (Fsp3) is 0.638. The quantitative estimate of drug-likeness (QED) is 0.0272. The number of nitrogens with one attached hydrogen (secondary N) is 1. The number of hydrogen-bond donors (Lipinski definition) is 2. The number of aliphatic hydroxyl groups is 1. The molecule has 0 aromatic rings. The lowest BCUT2D eigenvalue weighted by Gasteiger charge is -2.29. The molecule has 3 unspecified atom stereocenters. The molecule has 0 aliphatic heterocycles. The SMILES string of the molecule is CC/C=C\C/C=C\C/C=C\C/C=C\C/C=C\C/C=C\C/C=C\C/C=C\CCCCCCCCCCC(=O)NC(COP(=O)([O-])OCC[N+](C)(C)C)C(O)/C=C/CC/C=C/CCCCCCCC. The molecule has 0 fully saturated rings. The molecule has 0 saturated carbocycles. The Morgan fingerprint density at radius 3 is 1.39 bits per heavy atom. The van der Waals surface area contributed by atoms with Gasteiger partial charge in [0.25, 0.3) is 7.82 Å². The van der Waals surface area contributed by atoms with Crippen molar-refractivity contribution < 1.29 is 32.9 Å². The number of phosphoric acid groups is 1. The van der Waals surface area contributed by atoms with Crippen LogP contribution in [0.4, 0.5) is 0 Å². The predicted molar refractivity (Wildman–Crippen MR) is 288 cm³/mol. The summed E-state index contributed by atoms with van der Waals surface area (Å²) in [4.78, 5) is 25.4. The van der Waals surface area contributed by atoms with Crippen molar-refractivity contribution in [3.63, 3.8) is 0 Å². The van der Waals surface area contributed by atoms with Gasteiger partial charge in [0.05, 0.1) is 39.9 Å². The maximum atomic E-state index is 12.9. The molecule has 0 aliphatic carbocycles. The van der Waals surface area contributed by atoms with Crippen LogP contribution in [0.15, 0.2) is 122 Å². The Morgan fingerprint density at radius 1 is 0.537 bits per heavy atom. The molecule has 1 amide bonds. The minimum Gasteiger partial charge on any atom is -0.756 e. The van der Waals surface area contributed by atoms with Crippen LogP contribution >= 0.6 is 7.82 Å². The molecular weight excluding hydrogens is 852 g/mol. The molecule has 382 valence electrons. The van der Waals surface area contributed by atoms with E-state index in [4.69, 9.17) is 9.05 Å². The van der Waals surface area contributed by atoms with Gasteiger partial charge in [-0.15, -0.1) is 0 Å². The van der Waals surface area contributed by atoms with Crippen molar-refractivity contribution in [3.8, 4) is 0 Å². The molecule has 0 saturated heterocycles. The number of unbranched alkanes of at least 4 members (excludes halogenated alkanes) is 15. The van der Waals surface area contributed by atoms with E-state index in [1.54, 1.807) is 6.08 Å². The third-order valence-electron chi connectivity index (χ3n) is 10.9. The van der Waals surface area contributed by atoms with E-state index < -0.39 is 26.6 Å². The van der Waals surface area contributed by atoms with E-state index in [0.717, 1.165) is 103 Å². The monoisotopic (exact) mass is 951 g/mol. The second-order valence-corrected chi connectivity index (χ2v) is 19.9. The van der Waals surface area contributed by atoms with Gasteiger partial charge in [-0.25, -0.2) is 0 Å². The molecule has 0 aromatic carbocycles. The van der Waals surface area contributed by atoms with Crippen LogP contribution in [0.1, 0.15) is 187 Å². The van der Waals surface area contributed by atoms with Crippen LogP contribution in [0.5, 0.6) is 0 Å². The van der Waals surface area contributed by atoms with Crippen molar-refractivity contribution in [2.45, 2.75) is 199 Å². The zero-order chi connectivity index (χ0) is 49.2. The maximum Gasteiger partial charge on any atom is 0.268 e. The Balaban J connectivity index is 4.22. The first-order chi connectivity index (χ1) is 32.5. The van der Waals surface area contributed by atoms with Crippen LogP contribution in [0.25, 0.3) is 0 Å². The van der Waals surface area contributed by atoms with E-state index in [1.165, 1.54) is 64.2 Å². The summed E-state index contributed by atoms with van der Waals surface area (Å²) < 4.78 is 23.2. The van der Waals surface area contributed by atoms with Crippen LogP contribution in [0.2, 0.25) is 0 Å². The normalized spacial score (nSPS) is 15.0. The van der Waals surface area contributed by atoms with Gasteiger partial charge in [-0.3, -0.25) is 9.36 Å². The fourth-order valence-electron chi connectivity index (χ4n) is 6.77. The summed E-state index contributed by atoms with van der Waals surface area (Å²) in [6, 6.07) is -0.915. The zero-order valence-electron chi connectivity index (χ0n) is 43.3. The van der Waals surface area contributed by atoms with Crippen LogP contribution in [0.3, 0.4) is 0 Å². The largest absolute Gasteiger partial charge is 0.756 e. The Hall–Kier alpha value is -3.10. The highest BCUT2D eigenvalue weighted by molar-refractivity contribution is 7.45. The first-order valence-electron chi connectivity index (χ1n) is 26.4. The molecular formula is C58H99N2O6P. The first kappa shape index (κ1) is 63.9. The van der Waals surface area contributed by atoms with Crippen molar-refractivity contribution in [2.75, 3.05) is 40.9 Å². The summed E-state index contributed by atoms with van der Waals surface area (Å²) in [6.45, 7) is 4.46. The van der Waals surface area contributed by atoms with Gasteiger partial charge in [-0.05, 0) is 96.3 Å². The molecule has 0 heterocycles. The molecule has 0 aliphatic rings. The minimum atomic E-state index is -4.61. The molecule has 0 radical (unpaired) electrons. The number of nitrogens with zero attached hydrogens (tertiary/aromatic N) is 1. The van der Waals surface area contributed by atoms with Crippen LogP contribution in [-0.4, -0.2) is 68.5 Å². The number of carbonyl (C=O) groups is 1. The molecule has 0 bridgehead atoms. The number of likely N-dealkylation sites (N-methyl/N-ethyl adjacent to an activating group) is 1. The number of amides is 1. The van der Waals surface area contributed by atoms with Gasteiger partial charge in [-0.2, -0.15) is 0 Å². The van der Waals surface area contributed by atoms with E-state index in [1.807, 2.05) is 27.2 Å². The number of hydrogen-bond acceptors (Lipinski definition) is 6. The van der Waals surface area contributed by atoms with Crippen molar-refractivity contribution in [2.24, 2.45) is 0 Å². The number of carbonyl (C=O) groups excluding carboxylic acids is 1. The fourth-order valence-corrected chi connectivity index (χ4v) is 7.49. The Bertz CT molecular complexity index is 1500. The molecule has 8 nitrogen and oxygen atoms in total. The lowest BCUT2D eigenvalue weighted by molar-refractivity contribution is -0.870. The number of rotatable bonds is 46. The van der Waals surface area contributed by atoms with Gasteiger partial charge in [-0.1, -0.05) is 206 Å². The first-order valence-corrected chi connectivity index (χ1v) is 27.9. The lowest BCUT2D eigenvalue weighted by atomic mass is 10.1. The van der Waals surface area contributed by atoms with Gasteiger partial charge >= 0.3 is 0 Å². The summed E-state index contributed by atoms with van der Waals surface area (Å²) in [5.41, 5.74) is 0. The minimum absolute atomic E-state index is 0.0147. The second-order valence-electron chi connectivity index (χ2n) is 18.5. The van der Waals surface area contributed by atoms with Crippen molar-refractivity contribution >= 4 is 13.7 Å². The highest BCUT2D eigenvalue weighted by Crippen LogP contribution is 2.38. The molecule has 0 rings (SSSR count). The van der Waals surface area contributed by atoms with E-state index in [0.29, 0.717) is 17.4 Å². The summed E-state index contributed by atoms with van der Waals surface area (Å²) in [6.07, 6.45) is 71.3. The average molecular weight is 951 g/mol. The third-order valence-corrected chi connectivity index (χ3v) is 11.9. The van der Waals surface area contributed by atoms with Crippen LogP contribution in [0, 0.1) is 0 Å². The van der Waals surface area contributed by atoms with E-state index in [2.05, 4.69) is 129 Å². The molecule has 3 atom stereocenters. The lowest BCUT2D eigenvalue weighted by Crippen LogP contribution is -2.45. The van der Waals surface area contributed by atoms with E-state index in [-0.39, 0.29) is 12.5 Å². The molecule has 0 aromatic heterocycles. The Morgan fingerprint density at radius 2 is 0.925 bits per heavy atom. The van der Waals surface area contributed by atoms with Crippen LogP contribution in [-0.2, 0) is 18.4 Å². The van der Waals surface area contributed by atoms with Gasteiger partial charge in [0.15, 0.2) is 0 Å². The molecule has 9 heteroatoms. The maximum absolute atomic E-state index is 12.9. The van der Waals surface area contributed by atoms with Crippen molar-refractivity contribution in [1.29, 1.82) is 0 Å². The summed E-state index contributed by atoms with van der Waals surface area (Å²) in [7, 11) is 1.22. The van der Waals surface area contributed by atoms with E-state index >= 15 is 0 Å². The number of quaternary nitrogens is 1. The van der Waals surface area contributed by atoms with Crippen molar-refractivity contribution in [1.82, 2.24) is 5.32 Å². The van der Waals surface area contributed by atoms with Crippen LogP contribution < -0.4 is 10.2 Å².